The van der Waals surface area contributed by atoms with Gasteiger partial charge in [-0.15, -0.1) is 0 Å². The number of pyridine rings is 2. The summed E-state index contributed by atoms with van der Waals surface area (Å²) in [5.74, 6) is 0.454. The summed E-state index contributed by atoms with van der Waals surface area (Å²) in [6.45, 7) is 1.63. The molecule has 0 radical (unpaired) electrons. The van der Waals surface area contributed by atoms with Crippen LogP contribution in [-0.4, -0.2) is 22.6 Å². The van der Waals surface area contributed by atoms with Crippen LogP contribution in [0, 0.1) is 11.3 Å². The number of hydrogen-bond acceptors (Lipinski definition) is 4. The van der Waals surface area contributed by atoms with Gasteiger partial charge in [0.05, 0.1) is 11.2 Å². The molecule has 0 amide bonds. The van der Waals surface area contributed by atoms with Gasteiger partial charge in [-0.1, -0.05) is 36.4 Å². The van der Waals surface area contributed by atoms with E-state index in [0.29, 0.717) is 5.92 Å². The third-order valence-corrected chi connectivity index (χ3v) is 6.35. The Morgan fingerprint density at radius 3 is 2.63 bits per heavy atom. The maximum Gasteiger partial charge on any atom is 0.270 e. The maximum absolute atomic E-state index is 12.8. The second-order valence-electron chi connectivity index (χ2n) is 7.92. The molecule has 1 aliphatic heterocycles. The van der Waals surface area contributed by atoms with Gasteiger partial charge in [-0.25, -0.2) is 0 Å². The van der Waals surface area contributed by atoms with E-state index in [2.05, 4.69) is 40.2 Å². The Kier molecular flexibility index (Phi) is 4.48. The average Bonchev–Trinajstić information content (AvgIpc) is 2.81. The van der Waals surface area contributed by atoms with Crippen molar-refractivity contribution in [3.63, 3.8) is 0 Å². The molecule has 5 rings (SSSR count). The molecule has 30 heavy (non-hydrogen) atoms. The van der Waals surface area contributed by atoms with Crippen LogP contribution >= 0.6 is 0 Å². The molecule has 0 aliphatic carbocycles. The van der Waals surface area contributed by atoms with Gasteiger partial charge in [0.25, 0.3) is 5.56 Å². The summed E-state index contributed by atoms with van der Waals surface area (Å²) in [6.07, 6.45) is 5.73. The molecule has 0 N–H and O–H groups in total. The maximum atomic E-state index is 12.8. The van der Waals surface area contributed by atoms with Gasteiger partial charge in [-0.2, -0.15) is 5.26 Å². The molecule has 4 aromatic rings. The summed E-state index contributed by atoms with van der Waals surface area (Å²) in [7, 11) is 1.73. The topological polar surface area (TPSA) is 61.9 Å². The molecule has 0 unspecified atom stereocenters. The van der Waals surface area contributed by atoms with E-state index in [0.717, 1.165) is 42.5 Å². The van der Waals surface area contributed by atoms with Crippen LogP contribution in [0.4, 0.5) is 5.69 Å². The first kappa shape index (κ1) is 18.4. The minimum Gasteiger partial charge on any atom is -0.370 e. The van der Waals surface area contributed by atoms with Gasteiger partial charge in [0.2, 0.25) is 0 Å². The summed E-state index contributed by atoms with van der Waals surface area (Å²) in [5, 5.41) is 13.2. The van der Waals surface area contributed by atoms with E-state index in [1.165, 1.54) is 16.3 Å². The molecule has 1 saturated heterocycles. The minimum atomic E-state index is -0.227. The fourth-order valence-corrected chi connectivity index (χ4v) is 4.83. The van der Waals surface area contributed by atoms with Crippen molar-refractivity contribution >= 4 is 27.4 Å². The lowest BCUT2D eigenvalue weighted by Crippen LogP contribution is -2.35. The van der Waals surface area contributed by atoms with Crippen molar-refractivity contribution in [3.8, 4) is 6.07 Å². The SMILES string of the molecule is Cn1c(=O)c(C#N)c(N2CCC(c3cccc4cnccc34)CC2)c2ccccc21. The van der Waals surface area contributed by atoms with Gasteiger partial charge in [0.15, 0.2) is 0 Å². The molecular formula is C25H22N4O. The quantitative estimate of drug-likeness (QED) is 0.507. The van der Waals surface area contributed by atoms with Crippen molar-refractivity contribution in [1.82, 2.24) is 9.55 Å². The molecule has 0 spiro atoms. The summed E-state index contributed by atoms with van der Waals surface area (Å²) in [5.41, 5.74) is 3.03. The molecule has 2 aromatic carbocycles. The molecule has 1 aliphatic rings. The van der Waals surface area contributed by atoms with E-state index in [1.807, 2.05) is 36.7 Å². The number of anilines is 1. The van der Waals surface area contributed by atoms with Gasteiger partial charge in [-0.3, -0.25) is 9.78 Å². The Balaban J connectivity index is 1.52. The summed E-state index contributed by atoms with van der Waals surface area (Å²) in [6, 6.07) is 18.6. The van der Waals surface area contributed by atoms with Crippen molar-refractivity contribution < 1.29 is 0 Å². The average molecular weight is 394 g/mol. The lowest BCUT2D eigenvalue weighted by Gasteiger charge is -2.35. The van der Waals surface area contributed by atoms with Crippen molar-refractivity contribution in [2.75, 3.05) is 18.0 Å². The molecule has 0 saturated carbocycles. The lowest BCUT2D eigenvalue weighted by atomic mass is 9.86. The third-order valence-electron chi connectivity index (χ3n) is 6.35. The molecule has 0 bridgehead atoms. The van der Waals surface area contributed by atoms with E-state index < -0.39 is 0 Å². The number of benzene rings is 2. The van der Waals surface area contributed by atoms with Crippen molar-refractivity contribution in [1.29, 1.82) is 5.26 Å². The molecule has 3 heterocycles. The van der Waals surface area contributed by atoms with Crippen molar-refractivity contribution in [2.45, 2.75) is 18.8 Å². The van der Waals surface area contributed by atoms with Crippen LogP contribution in [0.1, 0.15) is 29.9 Å². The number of rotatable bonds is 2. The Morgan fingerprint density at radius 1 is 1.03 bits per heavy atom. The van der Waals surface area contributed by atoms with E-state index in [-0.39, 0.29) is 11.1 Å². The number of nitriles is 1. The Hall–Kier alpha value is -3.65. The highest BCUT2D eigenvalue weighted by molar-refractivity contribution is 5.95. The molecule has 1 fully saturated rings. The lowest BCUT2D eigenvalue weighted by molar-refractivity contribution is 0.508. The van der Waals surface area contributed by atoms with E-state index in [9.17, 15) is 10.1 Å². The first-order valence-electron chi connectivity index (χ1n) is 10.3. The third kappa shape index (κ3) is 2.84. The number of piperidine rings is 1. The number of aryl methyl sites for hydroxylation is 1. The standard InChI is InChI=1S/C25H22N4O/c1-28-23-8-3-2-6-21(23)24(22(15-26)25(28)30)29-13-10-17(11-14-29)19-7-4-5-18-16-27-12-9-20(18)19/h2-9,12,16-17H,10-11,13-14H2,1H3. The molecular weight excluding hydrogens is 372 g/mol. The van der Waals surface area contributed by atoms with Crippen LogP contribution < -0.4 is 10.5 Å². The van der Waals surface area contributed by atoms with Crippen LogP contribution in [-0.2, 0) is 7.05 Å². The highest BCUT2D eigenvalue weighted by atomic mass is 16.1. The van der Waals surface area contributed by atoms with E-state index >= 15 is 0 Å². The normalized spacial score (nSPS) is 14.9. The number of fused-ring (bicyclic) bond motifs is 2. The predicted octanol–water partition coefficient (Wildman–Crippen LogP) is 4.34. The highest BCUT2D eigenvalue weighted by Crippen LogP contribution is 2.36. The second-order valence-corrected chi connectivity index (χ2v) is 7.92. The molecule has 5 nitrogen and oxygen atoms in total. The second kappa shape index (κ2) is 7.31. The Labute approximate surface area is 174 Å². The Bertz CT molecular complexity index is 1350. The smallest absolute Gasteiger partial charge is 0.270 e. The first-order valence-corrected chi connectivity index (χ1v) is 10.3. The zero-order valence-electron chi connectivity index (χ0n) is 16.9. The van der Waals surface area contributed by atoms with Crippen molar-refractivity contribution in [3.05, 3.63) is 82.4 Å². The number of aromatic nitrogens is 2. The van der Waals surface area contributed by atoms with Gasteiger partial charge in [0, 0.05) is 43.3 Å². The first-order chi connectivity index (χ1) is 14.7. The molecule has 0 atom stereocenters. The highest BCUT2D eigenvalue weighted by Gasteiger charge is 2.26. The number of para-hydroxylation sites is 1. The van der Waals surface area contributed by atoms with Crippen LogP contribution in [0.15, 0.2) is 65.7 Å². The monoisotopic (exact) mass is 394 g/mol. The van der Waals surface area contributed by atoms with E-state index in [1.54, 1.807) is 11.6 Å². The zero-order chi connectivity index (χ0) is 20.7. The molecule has 148 valence electrons. The number of nitrogens with zero attached hydrogens (tertiary/aromatic N) is 4. The van der Waals surface area contributed by atoms with Crippen molar-refractivity contribution in [2.24, 2.45) is 7.05 Å². The Morgan fingerprint density at radius 2 is 1.83 bits per heavy atom. The zero-order valence-corrected chi connectivity index (χ0v) is 16.9. The van der Waals surface area contributed by atoms with Crippen LogP contribution in [0.5, 0.6) is 0 Å². The fraction of sp³-hybridized carbons (Fsp3) is 0.240. The van der Waals surface area contributed by atoms with Crippen LogP contribution in [0.3, 0.4) is 0 Å². The van der Waals surface area contributed by atoms with Gasteiger partial charge in [-0.05, 0) is 41.8 Å². The van der Waals surface area contributed by atoms with Crippen LogP contribution in [0.25, 0.3) is 21.7 Å². The predicted molar refractivity (Wildman–Crippen MR) is 120 cm³/mol. The number of hydrogen-bond donors (Lipinski definition) is 0. The summed E-state index contributed by atoms with van der Waals surface area (Å²) in [4.78, 5) is 19.3. The summed E-state index contributed by atoms with van der Waals surface area (Å²) < 4.78 is 1.58. The fourth-order valence-electron chi connectivity index (χ4n) is 4.83. The van der Waals surface area contributed by atoms with Gasteiger partial charge in [0.1, 0.15) is 11.6 Å². The minimum absolute atomic E-state index is 0.227. The van der Waals surface area contributed by atoms with Gasteiger partial charge < -0.3 is 9.47 Å². The van der Waals surface area contributed by atoms with E-state index in [4.69, 9.17) is 0 Å². The largest absolute Gasteiger partial charge is 0.370 e. The summed E-state index contributed by atoms with van der Waals surface area (Å²) >= 11 is 0. The van der Waals surface area contributed by atoms with Crippen LogP contribution in [0.2, 0.25) is 0 Å². The molecule has 5 heteroatoms. The van der Waals surface area contributed by atoms with Gasteiger partial charge >= 0.3 is 0 Å². The molecule has 2 aromatic heterocycles.